The molecule has 1 N–H and O–H groups in total. The van der Waals surface area contributed by atoms with Gasteiger partial charge in [-0.05, 0) is 50.0 Å². The van der Waals surface area contributed by atoms with Crippen LogP contribution in [-0.4, -0.2) is 54.5 Å². The Morgan fingerprint density at radius 2 is 1.83 bits per heavy atom. The highest BCUT2D eigenvalue weighted by atomic mass is 79.9. The lowest BCUT2D eigenvalue weighted by molar-refractivity contribution is 0.131. The molecule has 1 heterocycles. The van der Waals surface area contributed by atoms with Crippen molar-refractivity contribution in [3.63, 3.8) is 0 Å². The first-order valence-corrected chi connectivity index (χ1v) is 10.5. The zero-order valence-corrected chi connectivity index (χ0v) is 18.0. The van der Waals surface area contributed by atoms with Crippen LogP contribution < -0.4 is 4.74 Å². The van der Waals surface area contributed by atoms with E-state index in [4.69, 9.17) is 4.74 Å². The zero-order chi connectivity index (χ0) is 20.2. The van der Waals surface area contributed by atoms with Gasteiger partial charge in [0, 0.05) is 32.7 Å². The molecule has 1 aliphatic heterocycles. The fraction of sp³-hybridized carbons (Fsp3) is 0.261. The Hall–Kier alpha value is -2.57. The minimum atomic E-state index is 0.103. The highest BCUT2D eigenvalue weighted by Crippen LogP contribution is 2.34. The minimum Gasteiger partial charge on any atom is -0.503 e. The highest BCUT2D eigenvalue weighted by molar-refractivity contribution is 9.10. The van der Waals surface area contributed by atoms with E-state index in [1.807, 2.05) is 12.3 Å². The predicted molar refractivity (Wildman–Crippen MR) is 121 cm³/mol. The number of benzene rings is 3. The van der Waals surface area contributed by atoms with Gasteiger partial charge in [-0.3, -0.25) is 9.91 Å². The van der Waals surface area contributed by atoms with Gasteiger partial charge in [0.05, 0.1) is 17.8 Å². The van der Waals surface area contributed by atoms with Crippen LogP contribution in [0.3, 0.4) is 0 Å². The number of piperazine rings is 1. The topological polar surface area (TPSA) is 48.3 Å². The maximum absolute atomic E-state index is 9.92. The Kier molecular flexibility index (Phi) is 6.02. The summed E-state index contributed by atoms with van der Waals surface area (Å²) in [6.45, 7) is 4.68. The third-order valence-corrected chi connectivity index (χ3v) is 5.87. The van der Waals surface area contributed by atoms with Crippen LogP contribution >= 0.6 is 15.9 Å². The van der Waals surface area contributed by atoms with E-state index in [2.05, 4.69) is 73.4 Å². The SMILES string of the molecule is COc1cc(/C=N\N2CCN(Cc3cccc4ccccc34)CC2)cc(Br)c1O. The number of hydrogen-bond acceptors (Lipinski definition) is 5. The molecule has 0 spiro atoms. The quantitative estimate of drug-likeness (QED) is 0.579. The van der Waals surface area contributed by atoms with Crippen LogP contribution in [0.25, 0.3) is 10.8 Å². The molecule has 0 radical (unpaired) electrons. The number of fused-ring (bicyclic) bond motifs is 1. The zero-order valence-electron chi connectivity index (χ0n) is 16.4. The number of nitrogens with zero attached hydrogens (tertiary/aromatic N) is 3. The lowest BCUT2D eigenvalue weighted by atomic mass is 10.0. The number of halogens is 1. The maximum Gasteiger partial charge on any atom is 0.172 e. The first kappa shape index (κ1) is 19.7. The molecule has 0 amide bonds. The van der Waals surface area contributed by atoms with Crippen molar-refractivity contribution < 1.29 is 9.84 Å². The Morgan fingerprint density at radius 3 is 2.62 bits per heavy atom. The number of rotatable bonds is 5. The molecule has 0 aromatic heterocycles. The van der Waals surface area contributed by atoms with Gasteiger partial charge in [-0.25, -0.2) is 0 Å². The molecule has 29 heavy (non-hydrogen) atoms. The summed E-state index contributed by atoms with van der Waals surface area (Å²) in [6.07, 6.45) is 1.81. The second-order valence-electron chi connectivity index (χ2n) is 7.17. The lowest BCUT2D eigenvalue weighted by Crippen LogP contribution is -2.43. The van der Waals surface area contributed by atoms with Crippen molar-refractivity contribution in [3.8, 4) is 11.5 Å². The average Bonchev–Trinajstić information content (AvgIpc) is 2.75. The summed E-state index contributed by atoms with van der Waals surface area (Å²) < 4.78 is 5.79. The first-order valence-electron chi connectivity index (χ1n) is 9.68. The Morgan fingerprint density at radius 1 is 1.07 bits per heavy atom. The second-order valence-corrected chi connectivity index (χ2v) is 8.02. The summed E-state index contributed by atoms with van der Waals surface area (Å²) in [7, 11) is 1.54. The molecule has 1 fully saturated rings. The Labute approximate surface area is 179 Å². The van der Waals surface area contributed by atoms with Crippen molar-refractivity contribution in [2.45, 2.75) is 6.54 Å². The summed E-state index contributed by atoms with van der Waals surface area (Å²) in [5.74, 6) is 0.535. The van der Waals surface area contributed by atoms with Crippen LogP contribution in [0, 0.1) is 0 Å². The predicted octanol–water partition coefficient (Wildman–Crippen LogP) is 4.47. The largest absolute Gasteiger partial charge is 0.503 e. The summed E-state index contributed by atoms with van der Waals surface area (Å²) in [5.41, 5.74) is 2.26. The number of aromatic hydroxyl groups is 1. The van der Waals surface area contributed by atoms with Gasteiger partial charge in [-0.2, -0.15) is 5.10 Å². The van der Waals surface area contributed by atoms with Gasteiger partial charge >= 0.3 is 0 Å². The molecule has 3 aromatic carbocycles. The van der Waals surface area contributed by atoms with Crippen LogP contribution in [0.15, 0.2) is 64.2 Å². The molecule has 0 unspecified atom stereocenters. The van der Waals surface area contributed by atoms with Gasteiger partial charge in [0.2, 0.25) is 0 Å². The smallest absolute Gasteiger partial charge is 0.172 e. The molecule has 6 heteroatoms. The molecule has 0 saturated carbocycles. The van der Waals surface area contributed by atoms with E-state index in [1.165, 1.54) is 23.4 Å². The third kappa shape index (κ3) is 4.54. The molecular formula is C23H24BrN3O2. The van der Waals surface area contributed by atoms with Crippen LogP contribution in [0.4, 0.5) is 0 Å². The van der Waals surface area contributed by atoms with E-state index in [0.29, 0.717) is 10.2 Å². The van der Waals surface area contributed by atoms with E-state index in [-0.39, 0.29) is 5.75 Å². The molecule has 0 bridgehead atoms. The van der Waals surface area contributed by atoms with E-state index in [0.717, 1.165) is 38.3 Å². The third-order valence-electron chi connectivity index (χ3n) is 5.26. The standard InChI is InChI=1S/C23H24BrN3O2/c1-29-22-14-17(13-21(24)23(22)28)15-25-27-11-9-26(10-12-27)16-19-7-4-6-18-5-2-3-8-20(18)19/h2-8,13-15,28H,9-12,16H2,1H3/b25-15-. The number of hydrazone groups is 1. The number of ether oxygens (including phenoxy) is 1. The molecule has 0 aliphatic carbocycles. The average molecular weight is 454 g/mol. The van der Waals surface area contributed by atoms with Gasteiger partial charge in [0.25, 0.3) is 0 Å². The first-order chi connectivity index (χ1) is 14.1. The van der Waals surface area contributed by atoms with E-state index >= 15 is 0 Å². The number of phenolic OH excluding ortho intramolecular Hbond substituents is 1. The summed E-state index contributed by atoms with van der Waals surface area (Å²) in [5, 5.41) is 19.3. The molecule has 0 atom stereocenters. The van der Waals surface area contributed by atoms with Crippen molar-refractivity contribution in [3.05, 3.63) is 70.2 Å². The minimum absolute atomic E-state index is 0.103. The number of phenols is 1. The maximum atomic E-state index is 9.92. The number of methoxy groups -OCH3 is 1. The van der Waals surface area contributed by atoms with Gasteiger partial charge in [0.1, 0.15) is 0 Å². The van der Waals surface area contributed by atoms with Crippen molar-refractivity contribution >= 4 is 32.9 Å². The molecule has 4 rings (SSSR count). The van der Waals surface area contributed by atoms with Crippen LogP contribution in [0.2, 0.25) is 0 Å². The van der Waals surface area contributed by atoms with E-state index in [1.54, 1.807) is 6.07 Å². The molecular weight excluding hydrogens is 430 g/mol. The fourth-order valence-corrected chi connectivity index (χ4v) is 4.11. The Balaban J connectivity index is 1.37. The summed E-state index contributed by atoms with van der Waals surface area (Å²) >= 11 is 3.35. The summed E-state index contributed by atoms with van der Waals surface area (Å²) in [6, 6.07) is 18.7. The van der Waals surface area contributed by atoms with Crippen molar-refractivity contribution in [2.75, 3.05) is 33.3 Å². The van der Waals surface area contributed by atoms with E-state index in [9.17, 15) is 5.11 Å². The van der Waals surface area contributed by atoms with Gasteiger partial charge < -0.3 is 9.84 Å². The van der Waals surface area contributed by atoms with Crippen molar-refractivity contribution in [2.24, 2.45) is 5.10 Å². The van der Waals surface area contributed by atoms with E-state index < -0.39 is 0 Å². The molecule has 5 nitrogen and oxygen atoms in total. The molecule has 1 saturated heterocycles. The molecule has 150 valence electrons. The van der Waals surface area contributed by atoms with Crippen LogP contribution in [-0.2, 0) is 6.54 Å². The monoisotopic (exact) mass is 453 g/mol. The second kappa shape index (κ2) is 8.84. The number of hydrogen-bond donors (Lipinski definition) is 1. The van der Waals surface area contributed by atoms with Crippen LogP contribution in [0.1, 0.15) is 11.1 Å². The van der Waals surface area contributed by atoms with Crippen LogP contribution in [0.5, 0.6) is 11.5 Å². The lowest BCUT2D eigenvalue weighted by Gasteiger charge is -2.33. The Bertz CT molecular complexity index is 1020. The fourth-order valence-electron chi connectivity index (χ4n) is 3.65. The van der Waals surface area contributed by atoms with Gasteiger partial charge in [-0.15, -0.1) is 0 Å². The van der Waals surface area contributed by atoms with Crippen molar-refractivity contribution in [1.82, 2.24) is 9.91 Å². The molecule has 1 aliphatic rings. The highest BCUT2D eigenvalue weighted by Gasteiger charge is 2.16. The summed E-state index contributed by atoms with van der Waals surface area (Å²) in [4.78, 5) is 2.48. The van der Waals surface area contributed by atoms with Gasteiger partial charge in [-0.1, -0.05) is 42.5 Å². The normalized spacial score (nSPS) is 15.3. The van der Waals surface area contributed by atoms with Crippen molar-refractivity contribution in [1.29, 1.82) is 0 Å². The van der Waals surface area contributed by atoms with Gasteiger partial charge in [0.15, 0.2) is 11.5 Å². The molecule has 3 aromatic rings.